The fourth-order valence-electron chi connectivity index (χ4n) is 2.31. The number of aryl methyl sites for hydroxylation is 2. The molecule has 0 amide bonds. The van der Waals surface area contributed by atoms with Crippen LogP contribution >= 0.6 is 11.6 Å². The average Bonchev–Trinajstić information content (AvgIpc) is 2.78. The van der Waals surface area contributed by atoms with E-state index in [1.807, 2.05) is 19.9 Å². The van der Waals surface area contributed by atoms with Crippen LogP contribution < -0.4 is 0 Å². The average molecular weight is 305 g/mol. The fraction of sp³-hybridized carbons (Fsp3) is 0.286. The van der Waals surface area contributed by atoms with Crippen molar-refractivity contribution in [1.82, 2.24) is 19.6 Å². The van der Waals surface area contributed by atoms with Gasteiger partial charge in [-0.2, -0.15) is 0 Å². The van der Waals surface area contributed by atoms with Crippen molar-refractivity contribution < 1.29 is 9.53 Å². The summed E-state index contributed by atoms with van der Waals surface area (Å²) in [7, 11) is 0. The van der Waals surface area contributed by atoms with Gasteiger partial charge >= 0.3 is 5.97 Å². The molecule has 6 nitrogen and oxygen atoms in total. The Balaban J connectivity index is 2.32. The van der Waals surface area contributed by atoms with Crippen LogP contribution in [0.5, 0.6) is 0 Å². The summed E-state index contributed by atoms with van der Waals surface area (Å²) >= 11 is 6.27. The van der Waals surface area contributed by atoms with Gasteiger partial charge < -0.3 is 4.74 Å². The van der Waals surface area contributed by atoms with Gasteiger partial charge in [-0.1, -0.05) is 11.6 Å². The molecule has 3 aromatic rings. The number of hydrogen-bond donors (Lipinski definition) is 0. The number of fused-ring (bicyclic) bond motifs is 3. The van der Waals surface area contributed by atoms with E-state index in [9.17, 15) is 4.79 Å². The molecule has 0 N–H and O–H groups in total. The summed E-state index contributed by atoms with van der Waals surface area (Å²) in [5.41, 5.74) is 3.20. The van der Waals surface area contributed by atoms with Crippen molar-refractivity contribution in [1.29, 1.82) is 0 Å². The molecule has 0 saturated heterocycles. The molecule has 3 aromatic heterocycles. The van der Waals surface area contributed by atoms with Crippen molar-refractivity contribution in [2.75, 3.05) is 6.61 Å². The monoisotopic (exact) mass is 304 g/mol. The number of pyridine rings is 1. The lowest BCUT2D eigenvalue weighted by molar-refractivity contribution is 0.0525. The predicted molar refractivity (Wildman–Crippen MR) is 78.7 cm³/mol. The summed E-state index contributed by atoms with van der Waals surface area (Å²) in [6.07, 6.45) is 1.41. The Kier molecular flexibility index (Phi) is 3.25. The standard InChI is InChI=1S/C14H13ClN4O2/c1-4-21-14(20)9-6-16-13-10-7(2)5-8(3)17-12(10)18-19(13)11(9)15/h5-6H,4H2,1-3H3. The topological polar surface area (TPSA) is 69.4 Å². The molecule has 0 unspecified atom stereocenters. The number of aromatic nitrogens is 4. The molecule has 108 valence electrons. The van der Waals surface area contributed by atoms with Gasteiger partial charge in [0.15, 0.2) is 11.3 Å². The van der Waals surface area contributed by atoms with E-state index in [2.05, 4.69) is 15.1 Å². The normalized spacial score (nSPS) is 11.2. The van der Waals surface area contributed by atoms with Crippen LogP contribution in [0.25, 0.3) is 16.7 Å². The fourth-order valence-corrected chi connectivity index (χ4v) is 2.55. The van der Waals surface area contributed by atoms with E-state index in [0.29, 0.717) is 11.3 Å². The van der Waals surface area contributed by atoms with Gasteiger partial charge in [0.05, 0.1) is 12.0 Å². The zero-order chi connectivity index (χ0) is 15.1. The van der Waals surface area contributed by atoms with Crippen molar-refractivity contribution >= 4 is 34.3 Å². The van der Waals surface area contributed by atoms with Crippen LogP contribution in [0.4, 0.5) is 0 Å². The first kappa shape index (κ1) is 13.8. The molecule has 0 atom stereocenters. The highest BCUT2D eigenvalue weighted by molar-refractivity contribution is 6.32. The number of ether oxygens (including phenoxy) is 1. The molecule has 7 heteroatoms. The van der Waals surface area contributed by atoms with Gasteiger partial charge in [0.1, 0.15) is 10.7 Å². The highest BCUT2D eigenvalue weighted by Gasteiger charge is 2.19. The first-order chi connectivity index (χ1) is 10.0. The van der Waals surface area contributed by atoms with E-state index >= 15 is 0 Å². The number of carbonyl (C=O) groups excluding carboxylic acids is 1. The Bertz CT molecular complexity index is 872. The second-order valence-electron chi connectivity index (χ2n) is 4.70. The molecule has 0 saturated carbocycles. The summed E-state index contributed by atoms with van der Waals surface area (Å²) in [5.74, 6) is -0.516. The lowest BCUT2D eigenvalue weighted by Crippen LogP contribution is -2.09. The second kappa shape index (κ2) is 4.96. The highest BCUT2D eigenvalue weighted by atomic mass is 35.5. The molecule has 3 rings (SSSR count). The SMILES string of the molecule is CCOC(=O)c1cnc2c3c(C)cc(C)nc3nn2c1Cl. The van der Waals surface area contributed by atoms with Crippen LogP contribution in [0.15, 0.2) is 12.3 Å². The van der Waals surface area contributed by atoms with Crippen LogP contribution in [-0.2, 0) is 4.74 Å². The lowest BCUT2D eigenvalue weighted by Gasteiger charge is -2.04. The van der Waals surface area contributed by atoms with Crippen molar-refractivity contribution in [3.05, 3.63) is 34.2 Å². The Morgan fingerprint density at radius 3 is 2.90 bits per heavy atom. The van der Waals surface area contributed by atoms with E-state index in [4.69, 9.17) is 16.3 Å². The zero-order valence-corrected chi connectivity index (χ0v) is 12.6. The maximum atomic E-state index is 11.8. The van der Waals surface area contributed by atoms with E-state index in [1.54, 1.807) is 6.92 Å². The minimum Gasteiger partial charge on any atom is -0.462 e. The number of halogens is 1. The van der Waals surface area contributed by atoms with Crippen LogP contribution in [0.3, 0.4) is 0 Å². The molecule has 0 aliphatic heterocycles. The van der Waals surface area contributed by atoms with Crippen LogP contribution in [-0.4, -0.2) is 32.2 Å². The molecule has 21 heavy (non-hydrogen) atoms. The molecule has 0 fully saturated rings. The molecule has 0 aliphatic rings. The van der Waals surface area contributed by atoms with E-state index in [1.165, 1.54) is 10.7 Å². The van der Waals surface area contributed by atoms with E-state index < -0.39 is 5.97 Å². The van der Waals surface area contributed by atoms with E-state index in [-0.39, 0.29) is 17.3 Å². The van der Waals surface area contributed by atoms with Crippen LogP contribution in [0.2, 0.25) is 5.15 Å². The number of rotatable bonds is 2. The molecule has 0 aliphatic carbocycles. The van der Waals surface area contributed by atoms with Crippen molar-refractivity contribution in [3.63, 3.8) is 0 Å². The van der Waals surface area contributed by atoms with Gasteiger partial charge in [-0.15, -0.1) is 5.10 Å². The van der Waals surface area contributed by atoms with Crippen molar-refractivity contribution in [2.24, 2.45) is 0 Å². The van der Waals surface area contributed by atoms with Gasteiger partial charge in [-0.25, -0.2) is 19.3 Å². The van der Waals surface area contributed by atoms with Gasteiger partial charge in [0, 0.05) is 11.9 Å². The van der Waals surface area contributed by atoms with Gasteiger partial charge in [-0.05, 0) is 32.4 Å². The molecular formula is C14H13ClN4O2. The predicted octanol–water partition coefficient (Wildman–Crippen LogP) is 2.72. The summed E-state index contributed by atoms with van der Waals surface area (Å²) in [4.78, 5) is 20.5. The summed E-state index contributed by atoms with van der Waals surface area (Å²) < 4.78 is 6.38. The minimum absolute atomic E-state index is 0.175. The number of hydrogen-bond acceptors (Lipinski definition) is 5. The molecular weight excluding hydrogens is 292 g/mol. The third-order valence-electron chi connectivity index (χ3n) is 3.16. The van der Waals surface area contributed by atoms with E-state index in [0.717, 1.165) is 16.6 Å². The highest BCUT2D eigenvalue weighted by Crippen LogP contribution is 2.25. The Morgan fingerprint density at radius 1 is 1.43 bits per heavy atom. The molecule has 0 radical (unpaired) electrons. The summed E-state index contributed by atoms with van der Waals surface area (Å²) in [6, 6.07) is 1.96. The second-order valence-corrected chi connectivity index (χ2v) is 5.06. The zero-order valence-electron chi connectivity index (χ0n) is 11.8. The van der Waals surface area contributed by atoms with Gasteiger partial charge in [-0.3, -0.25) is 0 Å². The third kappa shape index (κ3) is 2.12. The minimum atomic E-state index is -0.516. The quantitative estimate of drug-likeness (QED) is 0.538. The molecule has 0 spiro atoms. The summed E-state index contributed by atoms with van der Waals surface area (Å²) in [5, 5.41) is 5.35. The number of carbonyl (C=O) groups is 1. The maximum Gasteiger partial charge on any atom is 0.342 e. The van der Waals surface area contributed by atoms with Crippen LogP contribution in [0, 0.1) is 13.8 Å². The molecule has 0 aromatic carbocycles. The largest absolute Gasteiger partial charge is 0.462 e. The Hall–Kier alpha value is -2.21. The first-order valence-electron chi connectivity index (χ1n) is 6.51. The lowest BCUT2D eigenvalue weighted by atomic mass is 10.2. The van der Waals surface area contributed by atoms with Crippen molar-refractivity contribution in [3.8, 4) is 0 Å². The third-order valence-corrected chi connectivity index (χ3v) is 3.53. The van der Waals surface area contributed by atoms with Crippen LogP contribution in [0.1, 0.15) is 28.5 Å². The summed E-state index contributed by atoms with van der Waals surface area (Å²) in [6.45, 7) is 5.87. The maximum absolute atomic E-state index is 11.8. The smallest absolute Gasteiger partial charge is 0.342 e. The molecule has 0 bridgehead atoms. The first-order valence-corrected chi connectivity index (χ1v) is 6.89. The van der Waals surface area contributed by atoms with Gasteiger partial charge in [0.2, 0.25) is 0 Å². The number of esters is 1. The molecule has 3 heterocycles. The Labute approximate surface area is 125 Å². The van der Waals surface area contributed by atoms with Gasteiger partial charge in [0.25, 0.3) is 0 Å². The number of nitrogens with zero attached hydrogens (tertiary/aromatic N) is 4. The van der Waals surface area contributed by atoms with Crippen molar-refractivity contribution in [2.45, 2.75) is 20.8 Å². The Morgan fingerprint density at radius 2 is 2.19 bits per heavy atom.